The van der Waals surface area contributed by atoms with Crippen LogP contribution in [0.25, 0.3) is 0 Å². The van der Waals surface area contributed by atoms with Gasteiger partial charge in [0.05, 0.1) is 0 Å². The first-order valence-electron chi connectivity index (χ1n) is 5.76. The molecule has 1 aliphatic heterocycles. The Hall–Kier alpha value is -1.64. The molecule has 3 nitrogen and oxygen atoms in total. The van der Waals surface area contributed by atoms with Gasteiger partial charge in [0, 0.05) is 13.1 Å². The van der Waals surface area contributed by atoms with Crippen LogP contribution in [0.2, 0.25) is 5.15 Å². The van der Waals surface area contributed by atoms with Crippen molar-refractivity contribution < 1.29 is 4.39 Å². The van der Waals surface area contributed by atoms with Crippen LogP contribution < -0.4 is 4.90 Å². The highest BCUT2D eigenvalue weighted by atomic mass is 35.5. The van der Waals surface area contributed by atoms with E-state index in [2.05, 4.69) is 15.3 Å². The third-order valence-electron chi connectivity index (χ3n) is 3.21. The monoisotopic (exact) mass is 293 g/mol. The third kappa shape index (κ3) is 2.18. The molecular weight excluding hydrogens is 285 g/mol. The van der Waals surface area contributed by atoms with Crippen molar-refractivity contribution in [2.24, 2.45) is 0 Å². The number of halogens is 2. The molecule has 0 aliphatic carbocycles. The number of aromatic nitrogens is 1. The molecular formula is C13H9ClFN3S. The van der Waals surface area contributed by atoms with Crippen LogP contribution in [0.1, 0.15) is 16.7 Å². The molecule has 3 rings (SSSR count). The quantitative estimate of drug-likeness (QED) is 0.809. The van der Waals surface area contributed by atoms with Crippen LogP contribution in [0.4, 0.5) is 9.39 Å². The molecule has 0 atom stereocenters. The molecule has 1 aliphatic rings. The number of nitriles is 1. The lowest BCUT2D eigenvalue weighted by molar-refractivity contribution is 0.619. The van der Waals surface area contributed by atoms with E-state index in [9.17, 15) is 4.39 Å². The number of hydrogen-bond donors (Lipinski definition) is 0. The molecule has 0 amide bonds. The van der Waals surface area contributed by atoms with Crippen LogP contribution in [-0.2, 0) is 13.0 Å². The lowest BCUT2D eigenvalue weighted by atomic mass is 10.00. The minimum atomic E-state index is -0.203. The zero-order valence-electron chi connectivity index (χ0n) is 9.86. The average molecular weight is 294 g/mol. The Morgan fingerprint density at radius 1 is 1.42 bits per heavy atom. The summed E-state index contributed by atoms with van der Waals surface area (Å²) in [5, 5.41) is 10.2. The van der Waals surface area contributed by atoms with Crippen molar-refractivity contribution >= 4 is 28.1 Å². The number of fused-ring (bicyclic) bond motifs is 1. The van der Waals surface area contributed by atoms with E-state index >= 15 is 0 Å². The van der Waals surface area contributed by atoms with E-state index in [1.165, 1.54) is 17.6 Å². The zero-order chi connectivity index (χ0) is 13.4. The lowest BCUT2D eigenvalue weighted by Crippen LogP contribution is -2.30. The Bertz CT molecular complexity index is 677. The number of nitrogens with zero attached hydrogens (tertiary/aromatic N) is 3. The van der Waals surface area contributed by atoms with E-state index in [1.807, 2.05) is 0 Å². The minimum absolute atomic E-state index is 0.203. The summed E-state index contributed by atoms with van der Waals surface area (Å²) >= 11 is 7.12. The summed E-state index contributed by atoms with van der Waals surface area (Å²) in [4.78, 5) is 2.07. The van der Waals surface area contributed by atoms with E-state index in [0.717, 1.165) is 29.1 Å². The van der Waals surface area contributed by atoms with Gasteiger partial charge in [-0.15, -0.1) is 0 Å². The second-order valence-electron chi connectivity index (χ2n) is 4.35. The van der Waals surface area contributed by atoms with Crippen molar-refractivity contribution in [1.29, 1.82) is 5.26 Å². The zero-order valence-corrected chi connectivity index (χ0v) is 11.4. The van der Waals surface area contributed by atoms with Gasteiger partial charge in [-0.1, -0.05) is 17.7 Å². The summed E-state index contributed by atoms with van der Waals surface area (Å²) in [6.07, 6.45) is 0.757. The first-order chi connectivity index (χ1) is 9.19. The standard InChI is InChI=1S/C13H9ClFN3S/c14-12-11(6-16)13(19-17-12)18-4-3-8-5-10(15)2-1-9(8)7-18/h1-2,5H,3-4,7H2. The van der Waals surface area contributed by atoms with Gasteiger partial charge in [-0.3, -0.25) is 0 Å². The highest BCUT2D eigenvalue weighted by Gasteiger charge is 2.22. The van der Waals surface area contributed by atoms with Crippen LogP contribution in [0.5, 0.6) is 0 Å². The number of anilines is 1. The molecule has 2 aromatic rings. The summed E-state index contributed by atoms with van der Waals surface area (Å²) in [6.45, 7) is 1.40. The van der Waals surface area contributed by atoms with Crippen LogP contribution in [0, 0.1) is 17.1 Å². The molecule has 1 aromatic heterocycles. The predicted octanol–water partition coefficient (Wildman–Crippen LogP) is 3.37. The maximum Gasteiger partial charge on any atom is 0.162 e. The summed E-state index contributed by atoms with van der Waals surface area (Å²) in [6, 6.07) is 6.93. The fourth-order valence-corrected chi connectivity index (χ4v) is 3.32. The van der Waals surface area contributed by atoms with Crippen LogP contribution in [0.15, 0.2) is 18.2 Å². The van der Waals surface area contributed by atoms with E-state index in [4.69, 9.17) is 16.9 Å². The van der Waals surface area contributed by atoms with Gasteiger partial charge in [0.15, 0.2) is 5.15 Å². The first-order valence-corrected chi connectivity index (χ1v) is 6.91. The summed E-state index contributed by atoms with van der Waals surface area (Å²) in [7, 11) is 0. The van der Waals surface area contributed by atoms with Crippen LogP contribution in [-0.4, -0.2) is 10.9 Å². The van der Waals surface area contributed by atoms with E-state index in [-0.39, 0.29) is 11.0 Å². The topological polar surface area (TPSA) is 39.9 Å². The van der Waals surface area contributed by atoms with Gasteiger partial charge >= 0.3 is 0 Å². The molecule has 0 fully saturated rings. The molecule has 2 heterocycles. The Labute approximate surface area is 119 Å². The first kappa shape index (κ1) is 12.4. The van der Waals surface area contributed by atoms with Gasteiger partial charge in [0.25, 0.3) is 0 Å². The van der Waals surface area contributed by atoms with Gasteiger partial charge in [0.2, 0.25) is 0 Å². The molecule has 6 heteroatoms. The maximum atomic E-state index is 13.2. The molecule has 19 heavy (non-hydrogen) atoms. The summed E-state index contributed by atoms with van der Waals surface area (Å²) in [5.74, 6) is -0.203. The third-order valence-corrected chi connectivity index (χ3v) is 4.49. The van der Waals surface area contributed by atoms with E-state index in [0.29, 0.717) is 12.1 Å². The van der Waals surface area contributed by atoms with Crippen molar-refractivity contribution in [1.82, 2.24) is 4.37 Å². The van der Waals surface area contributed by atoms with E-state index < -0.39 is 0 Å². The summed E-state index contributed by atoms with van der Waals surface area (Å²) in [5.41, 5.74) is 2.55. The summed E-state index contributed by atoms with van der Waals surface area (Å²) < 4.78 is 17.2. The molecule has 0 unspecified atom stereocenters. The number of benzene rings is 1. The second-order valence-corrected chi connectivity index (χ2v) is 5.46. The molecule has 1 aromatic carbocycles. The van der Waals surface area contributed by atoms with Crippen LogP contribution in [0.3, 0.4) is 0 Å². The van der Waals surface area contributed by atoms with Gasteiger partial charge in [0.1, 0.15) is 22.5 Å². The Morgan fingerprint density at radius 2 is 2.26 bits per heavy atom. The molecule has 0 spiro atoms. The Kier molecular flexibility index (Phi) is 3.13. The lowest BCUT2D eigenvalue weighted by Gasteiger charge is -2.29. The second kappa shape index (κ2) is 4.80. The van der Waals surface area contributed by atoms with Crippen molar-refractivity contribution in [2.45, 2.75) is 13.0 Å². The van der Waals surface area contributed by atoms with Gasteiger partial charge < -0.3 is 4.90 Å². The fraction of sp³-hybridized carbons (Fsp3) is 0.231. The van der Waals surface area contributed by atoms with Crippen LogP contribution >= 0.6 is 23.1 Å². The molecule has 0 bridgehead atoms. The van der Waals surface area contributed by atoms with Crippen molar-refractivity contribution in [3.05, 3.63) is 45.9 Å². The molecule has 0 saturated carbocycles. The Balaban J connectivity index is 1.94. The molecule has 0 radical (unpaired) electrons. The number of rotatable bonds is 1. The SMILES string of the molecule is N#Cc1c(Cl)nsc1N1CCc2cc(F)ccc2C1. The maximum absolute atomic E-state index is 13.2. The van der Waals surface area contributed by atoms with Crippen molar-refractivity contribution in [3.63, 3.8) is 0 Å². The Morgan fingerprint density at radius 3 is 3.05 bits per heavy atom. The average Bonchev–Trinajstić information content (AvgIpc) is 2.79. The molecule has 0 saturated heterocycles. The fourth-order valence-electron chi connectivity index (χ4n) is 2.27. The number of hydrogen-bond acceptors (Lipinski definition) is 4. The largest absolute Gasteiger partial charge is 0.356 e. The smallest absolute Gasteiger partial charge is 0.162 e. The van der Waals surface area contributed by atoms with Gasteiger partial charge in [-0.05, 0) is 41.2 Å². The van der Waals surface area contributed by atoms with Crippen molar-refractivity contribution in [3.8, 4) is 6.07 Å². The van der Waals surface area contributed by atoms with Gasteiger partial charge in [-0.25, -0.2) is 4.39 Å². The molecule has 96 valence electrons. The molecule has 0 N–H and O–H groups in total. The highest BCUT2D eigenvalue weighted by molar-refractivity contribution is 7.10. The highest BCUT2D eigenvalue weighted by Crippen LogP contribution is 2.34. The van der Waals surface area contributed by atoms with Crippen molar-refractivity contribution in [2.75, 3.05) is 11.4 Å². The minimum Gasteiger partial charge on any atom is -0.356 e. The van der Waals surface area contributed by atoms with E-state index in [1.54, 1.807) is 12.1 Å². The normalized spacial score (nSPS) is 14.1. The van der Waals surface area contributed by atoms with Gasteiger partial charge in [-0.2, -0.15) is 9.64 Å². The predicted molar refractivity (Wildman–Crippen MR) is 73.0 cm³/mol.